The first-order valence-corrected chi connectivity index (χ1v) is 5.82. The second kappa shape index (κ2) is 5.56. The Morgan fingerprint density at radius 3 is 2.44 bits per heavy atom. The Kier molecular flexibility index (Phi) is 4.56. The zero-order valence-electron chi connectivity index (χ0n) is 9.73. The van der Waals surface area contributed by atoms with Crippen molar-refractivity contribution in [3.05, 3.63) is 39.9 Å². The first-order valence-electron chi connectivity index (χ1n) is 5.03. The number of allylic oxidation sites excluding steroid dienone is 1. The summed E-state index contributed by atoms with van der Waals surface area (Å²) in [5, 5.41) is 2.38. The van der Waals surface area contributed by atoms with Crippen LogP contribution in [0.2, 0.25) is 0 Å². The van der Waals surface area contributed by atoms with E-state index in [9.17, 15) is 18.0 Å². The number of nitrogens with one attached hydrogen (secondary N) is 1. The molecule has 2 nitrogen and oxygen atoms in total. The molecule has 0 saturated heterocycles. The molecule has 0 saturated carbocycles. The number of halogens is 4. The summed E-state index contributed by atoms with van der Waals surface area (Å²) in [4.78, 5) is 11.4. The summed E-state index contributed by atoms with van der Waals surface area (Å²) >= 11 is 2.83. The first-order chi connectivity index (χ1) is 8.20. The number of carbonyl (C=O) groups excluding carboxylic acids is 1. The third kappa shape index (κ3) is 4.18. The van der Waals surface area contributed by atoms with Crippen molar-refractivity contribution in [1.29, 1.82) is 0 Å². The quantitative estimate of drug-likeness (QED) is 0.805. The standard InChI is InChI=1S/C12H11BrF3NO/c1-7(2)5-11(18)17-8-3-4-10(13)9(6-8)12(14,15)16/h3-6H,1-2H3,(H,17,18). The van der Waals surface area contributed by atoms with Crippen LogP contribution in [0.15, 0.2) is 34.3 Å². The highest BCUT2D eigenvalue weighted by atomic mass is 79.9. The van der Waals surface area contributed by atoms with Gasteiger partial charge in [0.25, 0.3) is 0 Å². The van der Waals surface area contributed by atoms with Crippen molar-refractivity contribution in [3.8, 4) is 0 Å². The van der Waals surface area contributed by atoms with Gasteiger partial charge in [0.05, 0.1) is 5.56 Å². The summed E-state index contributed by atoms with van der Waals surface area (Å²) in [6.07, 6.45) is -3.15. The molecule has 0 unspecified atom stereocenters. The second-order valence-corrected chi connectivity index (χ2v) is 4.76. The van der Waals surface area contributed by atoms with Gasteiger partial charge in [-0.25, -0.2) is 0 Å². The number of alkyl halides is 3. The minimum absolute atomic E-state index is 0.0600. The lowest BCUT2D eigenvalue weighted by molar-refractivity contribution is -0.138. The molecule has 0 radical (unpaired) electrons. The van der Waals surface area contributed by atoms with E-state index in [0.29, 0.717) is 0 Å². The molecule has 0 bridgehead atoms. The van der Waals surface area contributed by atoms with E-state index in [1.165, 1.54) is 18.2 Å². The van der Waals surface area contributed by atoms with Gasteiger partial charge in [0.2, 0.25) is 5.91 Å². The first kappa shape index (κ1) is 14.8. The number of anilines is 1. The van der Waals surface area contributed by atoms with Gasteiger partial charge in [-0.3, -0.25) is 4.79 Å². The topological polar surface area (TPSA) is 29.1 Å². The van der Waals surface area contributed by atoms with Crippen LogP contribution in [0.1, 0.15) is 19.4 Å². The van der Waals surface area contributed by atoms with Crippen LogP contribution in [0.25, 0.3) is 0 Å². The van der Waals surface area contributed by atoms with E-state index in [2.05, 4.69) is 21.2 Å². The molecule has 0 aliphatic carbocycles. The van der Waals surface area contributed by atoms with Gasteiger partial charge >= 0.3 is 6.18 Å². The van der Waals surface area contributed by atoms with Crippen LogP contribution in [-0.2, 0) is 11.0 Å². The SMILES string of the molecule is CC(C)=CC(=O)Nc1ccc(Br)c(C(F)(F)F)c1. The van der Waals surface area contributed by atoms with Crippen molar-refractivity contribution in [2.24, 2.45) is 0 Å². The Hall–Kier alpha value is -1.30. The third-order valence-electron chi connectivity index (χ3n) is 1.96. The van der Waals surface area contributed by atoms with Crippen LogP contribution in [0.3, 0.4) is 0 Å². The Labute approximate surface area is 111 Å². The van der Waals surface area contributed by atoms with Gasteiger partial charge in [-0.05, 0) is 32.0 Å². The molecule has 1 N–H and O–H groups in total. The Balaban J connectivity index is 3.00. The van der Waals surface area contributed by atoms with Crippen LogP contribution >= 0.6 is 15.9 Å². The molecule has 0 spiro atoms. The highest BCUT2D eigenvalue weighted by molar-refractivity contribution is 9.10. The lowest BCUT2D eigenvalue weighted by Crippen LogP contribution is -2.11. The van der Waals surface area contributed by atoms with Gasteiger partial charge in [-0.2, -0.15) is 13.2 Å². The summed E-state index contributed by atoms with van der Waals surface area (Å²) in [5.41, 5.74) is 0.0474. The van der Waals surface area contributed by atoms with Gasteiger partial charge in [0.15, 0.2) is 0 Å². The van der Waals surface area contributed by atoms with E-state index >= 15 is 0 Å². The highest BCUT2D eigenvalue weighted by Gasteiger charge is 2.33. The molecule has 0 atom stereocenters. The zero-order chi connectivity index (χ0) is 13.9. The molecule has 0 fully saturated rings. The molecule has 0 heterocycles. The molecule has 18 heavy (non-hydrogen) atoms. The summed E-state index contributed by atoms with van der Waals surface area (Å²) in [7, 11) is 0. The van der Waals surface area contributed by atoms with Gasteiger partial charge in [-0.15, -0.1) is 0 Å². The van der Waals surface area contributed by atoms with Crippen molar-refractivity contribution >= 4 is 27.5 Å². The molecule has 0 aromatic heterocycles. The van der Waals surface area contributed by atoms with E-state index in [-0.39, 0.29) is 10.2 Å². The van der Waals surface area contributed by atoms with E-state index in [1.54, 1.807) is 13.8 Å². The number of benzene rings is 1. The van der Waals surface area contributed by atoms with Gasteiger partial charge in [0.1, 0.15) is 0 Å². The maximum atomic E-state index is 12.6. The molecular weight excluding hydrogens is 311 g/mol. The fraction of sp³-hybridized carbons (Fsp3) is 0.250. The molecule has 6 heteroatoms. The average Bonchev–Trinajstić information content (AvgIpc) is 2.17. The van der Waals surface area contributed by atoms with Crippen LogP contribution in [0, 0.1) is 0 Å². The fourth-order valence-corrected chi connectivity index (χ4v) is 1.73. The van der Waals surface area contributed by atoms with Crippen molar-refractivity contribution in [2.75, 3.05) is 5.32 Å². The van der Waals surface area contributed by atoms with Gasteiger partial charge in [-0.1, -0.05) is 21.5 Å². The van der Waals surface area contributed by atoms with Crippen LogP contribution in [-0.4, -0.2) is 5.91 Å². The lowest BCUT2D eigenvalue weighted by atomic mass is 10.2. The number of hydrogen-bond donors (Lipinski definition) is 1. The van der Waals surface area contributed by atoms with Crippen LogP contribution < -0.4 is 5.32 Å². The molecule has 1 rings (SSSR count). The van der Waals surface area contributed by atoms with Crippen LogP contribution in [0.5, 0.6) is 0 Å². The Bertz CT molecular complexity index is 491. The Morgan fingerprint density at radius 1 is 1.33 bits per heavy atom. The Morgan fingerprint density at radius 2 is 1.94 bits per heavy atom. The monoisotopic (exact) mass is 321 g/mol. The van der Waals surface area contributed by atoms with E-state index < -0.39 is 17.6 Å². The molecule has 1 amide bonds. The van der Waals surface area contributed by atoms with E-state index in [4.69, 9.17) is 0 Å². The molecular formula is C12H11BrF3NO. The van der Waals surface area contributed by atoms with Gasteiger partial charge in [0, 0.05) is 16.2 Å². The van der Waals surface area contributed by atoms with E-state index in [1.807, 2.05) is 0 Å². The van der Waals surface area contributed by atoms with Gasteiger partial charge < -0.3 is 5.32 Å². The largest absolute Gasteiger partial charge is 0.417 e. The number of hydrogen-bond acceptors (Lipinski definition) is 1. The smallest absolute Gasteiger partial charge is 0.322 e. The third-order valence-corrected chi connectivity index (χ3v) is 2.65. The van der Waals surface area contributed by atoms with Crippen molar-refractivity contribution in [3.63, 3.8) is 0 Å². The molecule has 0 aliphatic heterocycles. The predicted octanol–water partition coefficient (Wildman–Crippen LogP) is 4.37. The second-order valence-electron chi connectivity index (χ2n) is 3.90. The molecule has 0 aliphatic rings. The number of rotatable bonds is 2. The van der Waals surface area contributed by atoms with Crippen LogP contribution in [0.4, 0.5) is 18.9 Å². The van der Waals surface area contributed by atoms with E-state index in [0.717, 1.165) is 11.6 Å². The van der Waals surface area contributed by atoms with Crippen molar-refractivity contribution in [2.45, 2.75) is 20.0 Å². The van der Waals surface area contributed by atoms with Crippen molar-refractivity contribution < 1.29 is 18.0 Å². The normalized spacial score (nSPS) is 11.0. The highest BCUT2D eigenvalue weighted by Crippen LogP contribution is 2.36. The summed E-state index contributed by atoms with van der Waals surface area (Å²) in [5.74, 6) is -0.453. The van der Waals surface area contributed by atoms with Crippen molar-refractivity contribution in [1.82, 2.24) is 0 Å². The zero-order valence-corrected chi connectivity index (χ0v) is 11.3. The minimum Gasteiger partial charge on any atom is -0.322 e. The summed E-state index contributed by atoms with van der Waals surface area (Å²) in [6.45, 7) is 3.45. The average molecular weight is 322 g/mol. The minimum atomic E-state index is -4.46. The fourth-order valence-electron chi connectivity index (χ4n) is 1.26. The molecule has 1 aromatic carbocycles. The number of carbonyl (C=O) groups is 1. The summed E-state index contributed by atoms with van der Waals surface area (Å²) in [6, 6.07) is 3.54. The summed E-state index contributed by atoms with van der Waals surface area (Å²) < 4.78 is 37.8. The maximum Gasteiger partial charge on any atom is 0.417 e. The molecule has 98 valence electrons. The predicted molar refractivity (Wildman–Crippen MR) is 67.2 cm³/mol. The lowest BCUT2D eigenvalue weighted by Gasteiger charge is -2.11. The molecule has 1 aromatic rings. The maximum absolute atomic E-state index is 12.6. The number of amides is 1.